The molecule has 9 nitrogen and oxygen atoms in total. The van der Waals surface area contributed by atoms with E-state index >= 15 is 0 Å². The number of benzene rings is 2. The van der Waals surface area contributed by atoms with Crippen LogP contribution in [0.25, 0.3) is 11.3 Å². The van der Waals surface area contributed by atoms with Gasteiger partial charge in [-0.3, -0.25) is 4.79 Å². The highest BCUT2D eigenvalue weighted by Gasteiger charge is 2.39. The van der Waals surface area contributed by atoms with Crippen molar-refractivity contribution >= 4 is 21.9 Å². The maximum Gasteiger partial charge on any atom is 0.416 e. The Morgan fingerprint density at radius 1 is 1.00 bits per heavy atom. The lowest BCUT2D eigenvalue weighted by molar-refractivity contribution is -0.137. The summed E-state index contributed by atoms with van der Waals surface area (Å²) in [6, 6.07) is 9.28. The molecule has 0 radical (unpaired) electrons. The normalized spacial score (nSPS) is 19.8. The number of carbonyl (C=O) groups excluding carboxylic acids is 1. The molecule has 2 aliphatic rings. The second kappa shape index (κ2) is 11.9. The monoisotopic (exact) mass is 607 g/mol. The van der Waals surface area contributed by atoms with Crippen LogP contribution >= 0.6 is 0 Å². The van der Waals surface area contributed by atoms with Crippen LogP contribution in [0.3, 0.4) is 0 Å². The molecule has 0 aliphatic carbocycles. The van der Waals surface area contributed by atoms with Crippen LogP contribution in [0.15, 0.2) is 59.5 Å². The molecule has 0 bridgehead atoms. The highest BCUT2D eigenvalue weighted by Crippen LogP contribution is 2.32. The molecule has 5 rings (SSSR count). The largest absolute Gasteiger partial charge is 0.416 e. The van der Waals surface area contributed by atoms with Gasteiger partial charge < -0.3 is 15.3 Å². The lowest BCUT2D eigenvalue weighted by atomic mass is 10.1. The Hall–Kier alpha value is -3.62. The summed E-state index contributed by atoms with van der Waals surface area (Å²) < 4.78 is 80.1. The van der Waals surface area contributed by atoms with Crippen LogP contribution in [0, 0.1) is 5.82 Å². The third-order valence-electron chi connectivity index (χ3n) is 7.49. The summed E-state index contributed by atoms with van der Waals surface area (Å²) in [5.41, 5.74) is 0.302. The van der Waals surface area contributed by atoms with Crippen LogP contribution in [0.5, 0.6) is 0 Å². The standard InChI is InChI=1S/C28H29F4N5O4S/c29-20-9-11-23(12-10-20)42(40,41)37-14-2-4-25(37)26(39)33-16-21-15-24(18-5-7-19(8-6-18)28(30,31)32)35-27(34-21)36-13-1-3-22(36)17-38/h5-12,15,22,25,38H,1-4,13-14,16-17H2,(H,33,39)/t22-,25-/m0/s1. The van der Waals surface area contributed by atoms with Crippen molar-refractivity contribution < 1.29 is 35.9 Å². The predicted molar refractivity (Wildman–Crippen MR) is 145 cm³/mol. The van der Waals surface area contributed by atoms with Crippen LogP contribution in [0.4, 0.5) is 23.5 Å². The number of hydrogen-bond acceptors (Lipinski definition) is 7. The van der Waals surface area contributed by atoms with E-state index in [0.717, 1.165) is 53.5 Å². The zero-order chi connectivity index (χ0) is 30.1. The van der Waals surface area contributed by atoms with Gasteiger partial charge in [-0.05, 0) is 68.1 Å². The minimum atomic E-state index is -4.49. The van der Waals surface area contributed by atoms with Crippen molar-refractivity contribution in [2.75, 3.05) is 24.6 Å². The smallest absolute Gasteiger partial charge is 0.394 e. The van der Waals surface area contributed by atoms with Gasteiger partial charge in [-0.25, -0.2) is 22.8 Å². The first-order valence-corrected chi connectivity index (χ1v) is 14.9. The van der Waals surface area contributed by atoms with Crippen molar-refractivity contribution in [3.05, 3.63) is 71.7 Å². The average molecular weight is 608 g/mol. The van der Waals surface area contributed by atoms with E-state index in [4.69, 9.17) is 0 Å². The van der Waals surface area contributed by atoms with Gasteiger partial charge in [-0.2, -0.15) is 17.5 Å². The van der Waals surface area contributed by atoms with Gasteiger partial charge in [0, 0.05) is 18.7 Å². The van der Waals surface area contributed by atoms with E-state index in [-0.39, 0.29) is 36.6 Å². The van der Waals surface area contributed by atoms with E-state index in [1.807, 2.05) is 4.90 Å². The Bertz CT molecular complexity index is 1540. The number of aliphatic hydroxyl groups excluding tert-OH is 1. The molecule has 2 atom stereocenters. The fraction of sp³-hybridized carbons (Fsp3) is 0.393. The molecule has 2 fully saturated rings. The third-order valence-corrected chi connectivity index (χ3v) is 9.41. The number of aromatic nitrogens is 2. The van der Waals surface area contributed by atoms with Crippen LogP contribution < -0.4 is 10.2 Å². The van der Waals surface area contributed by atoms with Crippen molar-refractivity contribution in [3.8, 4) is 11.3 Å². The molecule has 2 N–H and O–H groups in total. The summed E-state index contributed by atoms with van der Waals surface area (Å²) in [4.78, 5) is 24.0. The number of anilines is 1. The number of nitrogens with one attached hydrogen (secondary N) is 1. The number of carbonyl (C=O) groups is 1. The first-order chi connectivity index (χ1) is 20.0. The zero-order valence-corrected chi connectivity index (χ0v) is 23.2. The van der Waals surface area contributed by atoms with Crippen molar-refractivity contribution in [1.29, 1.82) is 0 Å². The maximum atomic E-state index is 13.3. The molecule has 2 aliphatic heterocycles. The van der Waals surface area contributed by atoms with Crippen molar-refractivity contribution in [2.24, 2.45) is 0 Å². The molecule has 0 unspecified atom stereocenters. The summed E-state index contributed by atoms with van der Waals surface area (Å²) in [5.74, 6) is -0.845. The van der Waals surface area contributed by atoms with Gasteiger partial charge in [0.1, 0.15) is 11.9 Å². The zero-order valence-electron chi connectivity index (χ0n) is 22.4. The predicted octanol–water partition coefficient (Wildman–Crippen LogP) is 3.73. The molecule has 224 valence electrons. The number of rotatable bonds is 8. The Morgan fingerprint density at radius 3 is 2.36 bits per heavy atom. The van der Waals surface area contributed by atoms with Crippen LogP contribution in [-0.4, -0.2) is 65.5 Å². The van der Waals surface area contributed by atoms with Crippen molar-refractivity contribution in [1.82, 2.24) is 19.6 Å². The highest BCUT2D eigenvalue weighted by molar-refractivity contribution is 7.89. The molecule has 3 heterocycles. The molecule has 2 aromatic carbocycles. The molecule has 3 aromatic rings. The quantitative estimate of drug-likeness (QED) is 0.375. The summed E-state index contributed by atoms with van der Waals surface area (Å²) in [5, 5.41) is 12.6. The fourth-order valence-electron chi connectivity index (χ4n) is 5.30. The number of halogens is 4. The number of sulfonamides is 1. The molecule has 2 saturated heterocycles. The number of hydrogen-bond donors (Lipinski definition) is 2. The molecular weight excluding hydrogens is 578 g/mol. The van der Waals surface area contributed by atoms with Gasteiger partial charge in [0.2, 0.25) is 21.9 Å². The van der Waals surface area contributed by atoms with Gasteiger partial charge in [0.25, 0.3) is 0 Å². The molecule has 1 amide bonds. The lowest BCUT2D eigenvalue weighted by Gasteiger charge is -2.25. The summed E-state index contributed by atoms with van der Waals surface area (Å²) >= 11 is 0. The van der Waals surface area contributed by atoms with Crippen LogP contribution in [0.2, 0.25) is 0 Å². The maximum absolute atomic E-state index is 13.3. The van der Waals surface area contributed by atoms with E-state index in [2.05, 4.69) is 15.3 Å². The molecule has 14 heteroatoms. The van der Waals surface area contributed by atoms with Gasteiger partial charge in [-0.1, -0.05) is 12.1 Å². The SMILES string of the molecule is O=C(NCc1cc(-c2ccc(C(F)(F)F)cc2)nc(N2CCC[C@H]2CO)n1)[C@@H]1CCCN1S(=O)(=O)c1ccc(F)cc1. The fourth-order valence-corrected chi connectivity index (χ4v) is 6.95. The molecule has 0 saturated carbocycles. The summed E-state index contributed by atoms with van der Waals surface area (Å²) in [6.45, 7) is 0.483. The Labute approximate surface area is 240 Å². The van der Waals surface area contributed by atoms with Gasteiger partial charge >= 0.3 is 6.18 Å². The van der Waals surface area contributed by atoms with Crippen molar-refractivity contribution in [3.63, 3.8) is 0 Å². The van der Waals surface area contributed by atoms with Crippen LogP contribution in [0.1, 0.15) is 36.9 Å². The number of nitrogens with zero attached hydrogens (tertiary/aromatic N) is 4. The van der Waals surface area contributed by atoms with E-state index in [1.165, 1.54) is 12.1 Å². The van der Waals surface area contributed by atoms with Gasteiger partial charge in [0.15, 0.2) is 0 Å². The second-order valence-corrected chi connectivity index (χ2v) is 12.1. The minimum Gasteiger partial charge on any atom is -0.394 e. The van der Waals surface area contributed by atoms with Crippen LogP contribution in [-0.2, 0) is 27.5 Å². The van der Waals surface area contributed by atoms with E-state index in [0.29, 0.717) is 36.3 Å². The first kappa shape index (κ1) is 29.9. The van der Waals surface area contributed by atoms with E-state index in [1.54, 1.807) is 6.07 Å². The average Bonchev–Trinajstić information content (AvgIpc) is 3.66. The molecule has 1 aromatic heterocycles. The first-order valence-electron chi connectivity index (χ1n) is 13.5. The third kappa shape index (κ3) is 6.25. The second-order valence-electron chi connectivity index (χ2n) is 10.2. The van der Waals surface area contributed by atoms with E-state index in [9.17, 15) is 35.9 Å². The van der Waals surface area contributed by atoms with Gasteiger partial charge in [-0.15, -0.1) is 0 Å². The number of alkyl halides is 3. The number of aliphatic hydroxyl groups is 1. The Morgan fingerprint density at radius 2 is 1.69 bits per heavy atom. The summed E-state index contributed by atoms with van der Waals surface area (Å²) in [6.07, 6.45) is -2.22. The molecular formula is C28H29F4N5O4S. The Kier molecular flexibility index (Phi) is 8.49. The van der Waals surface area contributed by atoms with E-state index < -0.39 is 39.5 Å². The number of amides is 1. The molecule has 0 spiro atoms. The highest BCUT2D eigenvalue weighted by atomic mass is 32.2. The molecule has 42 heavy (non-hydrogen) atoms. The lowest BCUT2D eigenvalue weighted by Crippen LogP contribution is -2.45. The van der Waals surface area contributed by atoms with Crippen molar-refractivity contribution in [2.45, 2.75) is 55.4 Å². The minimum absolute atomic E-state index is 0.0967. The Balaban J connectivity index is 1.38. The summed E-state index contributed by atoms with van der Waals surface area (Å²) in [7, 11) is -4.05. The van der Waals surface area contributed by atoms with Gasteiger partial charge in [0.05, 0.1) is 41.0 Å². The topological polar surface area (TPSA) is 116 Å².